The maximum atomic E-state index is 12.9. The van der Waals surface area contributed by atoms with Crippen LogP contribution in [0, 0.1) is 6.92 Å². The monoisotopic (exact) mass is 296 g/mol. The first-order valence-electron chi connectivity index (χ1n) is 6.33. The number of aromatic nitrogens is 1. The highest BCUT2D eigenvalue weighted by Gasteiger charge is 2.28. The standard InChI is InChI=1S/C14H14BF3NO2/c1-10-7-12(20-2)8-11(19-10)9-21-14-6-4-3-5-13(14)15(16,17)18/h3-8H,9H2,1-2H3/q-1. The second kappa shape index (κ2) is 6.07. The van der Waals surface area contributed by atoms with Gasteiger partial charge in [0.15, 0.2) is 0 Å². The summed E-state index contributed by atoms with van der Waals surface area (Å²) in [6.45, 7) is -3.39. The fraction of sp³-hybridized carbons (Fsp3) is 0.214. The van der Waals surface area contributed by atoms with Crippen LogP contribution in [0.15, 0.2) is 36.4 Å². The average molecular weight is 296 g/mol. The largest absolute Gasteiger partial charge is 0.513 e. The van der Waals surface area contributed by atoms with Crippen molar-refractivity contribution in [2.75, 3.05) is 7.11 Å². The van der Waals surface area contributed by atoms with Gasteiger partial charge >= 0.3 is 6.98 Å². The normalized spacial score (nSPS) is 11.3. The van der Waals surface area contributed by atoms with Gasteiger partial charge in [-0.05, 0) is 13.0 Å². The molecule has 0 N–H and O–H groups in total. The van der Waals surface area contributed by atoms with Crippen LogP contribution < -0.4 is 14.9 Å². The number of aryl methyl sites for hydroxylation is 1. The SMILES string of the molecule is COc1cc(C)nc(COc2ccccc2[B-](F)(F)F)c1. The van der Waals surface area contributed by atoms with Crippen molar-refractivity contribution in [1.29, 1.82) is 0 Å². The number of ether oxygens (including phenoxy) is 2. The Hall–Kier alpha value is -2.18. The van der Waals surface area contributed by atoms with Crippen molar-refractivity contribution in [1.82, 2.24) is 4.98 Å². The van der Waals surface area contributed by atoms with Crippen LogP contribution in [-0.4, -0.2) is 19.1 Å². The Kier molecular flexibility index (Phi) is 4.40. The molecule has 0 amide bonds. The molecule has 0 spiro atoms. The molecule has 0 bridgehead atoms. The van der Waals surface area contributed by atoms with E-state index in [0.29, 0.717) is 17.1 Å². The molecule has 2 rings (SSSR count). The third-order valence-electron chi connectivity index (χ3n) is 2.86. The molecule has 112 valence electrons. The Morgan fingerprint density at radius 3 is 2.52 bits per heavy atom. The van der Waals surface area contributed by atoms with Crippen LogP contribution in [-0.2, 0) is 6.61 Å². The van der Waals surface area contributed by atoms with E-state index in [1.54, 1.807) is 19.1 Å². The highest BCUT2D eigenvalue weighted by Crippen LogP contribution is 2.19. The van der Waals surface area contributed by atoms with Gasteiger partial charge in [-0.15, -0.1) is 0 Å². The van der Waals surface area contributed by atoms with Crippen molar-refractivity contribution in [3.8, 4) is 11.5 Å². The van der Waals surface area contributed by atoms with Gasteiger partial charge in [0.25, 0.3) is 0 Å². The molecule has 7 heteroatoms. The number of methoxy groups -OCH3 is 1. The van der Waals surface area contributed by atoms with E-state index < -0.39 is 12.4 Å². The number of rotatable bonds is 5. The summed E-state index contributed by atoms with van der Waals surface area (Å²) in [5.41, 5.74) is 0.481. The predicted molar refractivity (Wildman–Crippen MR) is 75.0 cm³/mol. The van der Waals surface area contributed by atoms with E-state index in [2.05, 4.69) is 4.98 Å². The summed E-state index contributed by atoms with van der Waals surface area (Å²) in [5.74, 6) is 0.404. The molecule has 0 aliphatic heterocycles. The predicted octanol–water partition coefficient (Wildman–Crippen LogP) is 3.03. The molecule has 1 aromatic heterocycles. The Morgan fingerprint density at radius 2 is 1.86 bits per heavy atom. The molecule has 0 saturated heterocycles. The number of pyridine rings is 1. The first-order chi connectivity index (χ1) is 9.90. The summed E-state index contributed by atoms with van der Waals surface area (Å²) < 4.78 is 49.1. The minimum Gasteiger partial charge on any atom is -0.497 e. The number of nitrogens with zero attached hydrogens (tertiary/aromatic N) is 1. The summed E-state index contributed by atoms with van der Waals surface area (Å²) >= 11 is 0. The van der Waals surface area contributed by atoms with Crippen molar-refractivity contribution in [2.45, 2.75) is 13.5 Å². The summed E-state index contributed by atoms with van der Waals surface area (Å²) in [6.07, 6.45) is 0. The molecule has 0 aliphatic carbocycles. The summed E-state index contributed by atoms with van der Waals surface area (Å²) in [5, 5.41) is 0. The van der Waals surface area contributed by atoms with Crippen LogP contribution in [0.4, 0.5) is 12.9 Å². The Labute approximate surface area is 120 Å². The van der Waals surface area contributed by atoms with E-state index in [-0.39, 0.29) is 12.4 Å². The first-order valence-corrected chi connectivity index (χ1v) is 6.33. The van der Waals surface area contributed by atoms with E-state index in [0.717, 1.165) is 6.07 Å². The Bertz CT molecular complexity index is 632. The molecule has 21 heavy (non-hydrogen) atoms. The number of halogens is 3. The average Bonchev–Trinajstić information content (AvgIpc) is 2.44. The highest BCUT2D eigenvalue weighted by atomic mass is 19.4. The van der Waals surface area contributed by atoms with Gasteiger partial charge in [-0.25, -0.2) is 0 Å². The smallest absolute Gasteiger partial charge is 0.497 e. The number of benzene rings is 1. The van der Waals surface area contributed by atoms with Gasteiger partial charge in [0.1, 0.15) is 12.4 Å². The highest BCUT2D eigenvalue weighted by molar-refractivity contribution is 6.74. The Balaban J connectivity index is 2.19. The second-order valence-electron chi connectivity index (χ2n) is 4.54. The molecule has 0 aliphatic rings. The second-order valence-corrected chi connectivity index (χ2v) is 4.54. The van der Waals surface area contributed by atoms with E-state index in [4.69, 9.17) is 9.47 Å². The molecule has 2 aromatic rings. The summed E-state index contributed by atoms with van der Waals surface area (Å²) in [6, 6.07) is 8.53. The summed E-state index contributed by atoms with van der Waals surface area (Å²) in [4.78, 5) is 4.21. The van der Waals surface area contributed by atoms with Crippen molar-refractivity contribution >= 4 is 12.4 Å². The van der Waals surface area contributed by atoms with Gasteiger partial charge in [0.05, 0.1) is 18.6 Å². The zero-order valence-corrected chi connectivity index (χ0v) is 11.6. The quantitative estimate of drug-likeness (QED) is 0.795. The van der Waals surface area contributed by atoms with Crippen molar-refractivity contribution in [2.24, 2.45) is 0 Å². The van der Waals surface area contributed by atoms with Gasteiger partial charge in [0.2, 0.25) is 0 Å². The zero-order chi connectivity index (χ0) is 15.5. The van der Waals surface area contributed by atoms with Gasteiger partial charge in [0, 0.05) is 17.8 Å². The van der Waals surface area contributed by atoms with Crippen molar-refractivity contribution in [3.05, 3.63) is 47.8 Å². The van der Waals surface area contributed by atoms with E-state index in [1.165, 1.54) is 25.3 Å². The third-order valence-corrected chi connectivity index (χ3v) is 2.86. The van der Waals surface area contributed by atoms with Crippen LogP contribution in [0.3, 0.4) is 0 Å². The fourth-order valence-corrected chi connectivity index (χ4v) is 1.93. The van der Waals surface area contributed by atoms with Gasteiger partial charge < -0.3 is 22.4 Å². The molecule has 0 fully saturated rings. The molecule has 3 nitrogen and oxygen atoms in total. The minimum absolute atomic E-state index is 0.0544. The zero-order valence-electron chi connectivity index (χ0n) is 11.6. The molecule has 1 heterocycles. The van der Waals surface area contributed by atoms with Crippen LogP contribution in [0.2, 0.25) is 0 Å². The van der Waals surface area contributed by atoms with Crippen LogP contribution in [0.25, 0.3) is 0 Å². The lowest BCUT2D eigenvalue weighted by Gasteiger charge is -2.19. The molecule has 0 atom stereocenters. The van der Waals surface area contributed by atoms with Crippen molar-refractivity contribution < 1.29 is 22.4 Å². The van der Waals surface area contributed by atoms with Crippen LogP contribution in [0.1, 0.15) is 11.4 Å². The van der Waals surface area contributed by atoms with Gasteiger partial charge in [-0.3, -0.25) is 4.98 Å². The number of hydrogen-bond donors (Lipinski definition) is 0. The van der Waals surface area contributed by atoms with Gasteiger partial charge in [-0.1, -0.05) is 23.7 Å². The van der Waals surface area contributed by atoms with Crippen molar-refractivity contribution in [3.63, 3.8) is 0 Å². The lowest BCUT2D eigenvalue weighted by Crippen LogP contribution is -2.35. The molecule has 0 unspecified atom stereocenters. The lowest BCUT2D eigenvalue weighted by atomic mass is 9.79. The molecular formula is C14H14BF3NO2-. The van der Waals surface area contributed by atoms with E-state index in [9.17, 15) is 12.9 Å². The topological polar surface area (TPSA) is 31.4 Å². The van der Waals surface area contributed by atoms with E-state index in [1.807, 2.05) is 0 Å². The molecular weight excluding hydrogens is 282 g/mol. The molecule has 0 saturated carbocycles. The number of para-hydroxylation sites is 1. The van der Waals surface area contributed by atoms with Crippen LogP contribution >= 0.6 is 0 Å². The maximum Gasteiger partial charge on any atom is 0.513 e. The minimum atomic E-state index is -5.11. The number of hydrogen-bond acceptors (Lipinski definition) is 3. The van der Waals surface area contributed by atoms with E-state index >= 15 is 0 Å². The summed E-state index contributed by atoms with van der Waals surface area (Å²) in [7, 11) is 1.51. The molecule has 0 radical (unpaired) electrons. The van der Waals surface area contributed by atoms with Gasteiger partial charge in [-0.2, -0.15) is 0 Å². The maximum absolute atomic E-state index is 12.9. The first kappa shape index (κ1) is 15.2. The molecule has 1 aromatic carbocycles. The Morgan fingerprint density at radius 1 is 1.14 bits per heavy atom. The lowest BCUT2D eigenvalue weighted by molar-refractivity contribution is 0.300. The third kappa shape index (κ3) is 3.90. The van der Waals surface area contributed by atoms with Crippen LogP contribution in [0.5, 0.6) is 11.5 Å². The fourth-order valence-electron chi connectivity index (χ4n) is 1.93.